The molecule has 5 heterocycles. The van der Waals surface area contributed by atoms with E-state index in [9.17, 15) is 0 Å². The number of hydrogen-bond acceptors (Lipinski definition) is 3. The van der Waals surface area contributed by atoms with E-state index in [4.69, 9.17) is 9.15 Å². The first-order valence-corrected chi connectivity index (χ1v) is 27.5. The molecular weight excluding hydrogens is 926 g/mol. The lowest BCUT2D eigenvalue weighted by molar-refractivity contribution is 0.483. The van der Waals surface area contributed by atoms with Crippen LogP contribution in [-0.2, 0) is 22.7 Å². The van der Waals surface area contributed by atoms with Crippen LogP contribution in [-0.4, -0.2) is 15.8 Å². The number of rotatable bonds is 6. The third-order valence-corrected chi connectivity index (χ3v) is 16.8. The van der Waals surface area contributed by atoms with Gasteiger partial charge in [0.15, 0.2) is 0 Å². The van der Waals surface area contributed by atoms with Gasteiger partial charge in [-0.25, -0.2) is 0 Å². The summed E-state index contributed by atoms with van der Waals surface area (Å²) >= 11 is 0. The van der Waals surface area contributed by atoms with Gasteiger partial charge in [-0.3, -0.25) is 0 Å². The summed E-state index contributed by atoms with van der Waals surface area (Å²) in [7, 11) is 0. The minimum absolute atomic E-state index is 0.0126. The standard InChI is InChI=1S/C70H64BN3O2/c1-11-12-19-51-58(35-30-50-49-22-15-18-25-63(49)76-67(50)51)74-61-40-45(72-56-23-16-13-20-47(56)52-36-42(68(2,3)4)26-33-59(52)72)28-31-54(61)71-55-32-29-46(41-64(55)75-65-39-44(70(8,9)10)38-62(74)66(65)71)73-57-24-17-14-21-48(57)53-37-43(69(5,6)7)27-34-60(53)73/h13-18,20-41H,11-12,19H2,1-10H3. The Kier molecular flexibility index (Phi) is 10.1. The molecule has 5 nitrogen and oxygen atoms in total. The fourth-order valence-corrected chi connectivity index (χ4v) is 12.8. The predicted octanol–water partition coefficient (Wildman–Crippen LogP) is 17.4. The zero-order chi connectivity index (χ0) is 52.2. The summed E-state index contributed by atoms with van der Waals surface area (Å²) in [5.74, 6) is 1.79. The Bertz CT molecular complexity index is 4390. The molecule has 76 heavy (non-hydrogen) atoms. The maximum absolute atomic E-state index is 7.44. The van der Waals surface area contributed by atoms with Gasteiger partial charge in [0.25, 0.3) is 6.71 Å². The number of ether oxygens (including phenoxy) is 1. The topological polar surface area (TPSA) is 35.5 Å². The average Bonchev–Trinajstić information content (AvgIpc) is 4.20. The van der Waals surface area contributed by atoms with E-state index in [1.54, 1.807) is 0 Å². The van der Waals surface area contributed by atoms with Gasteiger partial charge in [0, 0.05) is 66.7 Å². The second-order valence-electron chi connectivity index (χ2n) is 24.8. The summed E-state index contributed by atoms with van der Waals surface area (Å²) in [4.78, 5) is 2.58. The molecule has 0 saturated carbocycles. The first kappa shape index (κ1) is 46.6. The molecule has 9 aromatic carbocycles. The zero-order valence-electron chi connectivity index (χ0n) is 45.5. The number of benzene rings is 9. The van der Waals surface area contributed by atoms with Crippen LogP contribution in [0.3, 0.4) is 0 Å². The van der Waals surface area contributed by atoms with Gasteiger partial charge in [-0.15, -0.1) is 0 Å². The second kappa shape index (κ2) is 16.5. The maximum atomic E-state index is 7.44. The Morgan fingerprint density at radius 3 is 1.62 bits per heavy atom. The van der Waals surface area contributed by atoms with Gasteiger partial charge in [0.1, 0.15) is 22.7 Å². The van der Waals surface area contributed by atoms with E-state index < -0.39 is 0 Å². The van der Waals surface area contributed by atoms with Crippen LogP contribution < -0.4 is 26.0 Å². The summed E-state index contributed by atoms with van der Waals surface area (Å²) in [5.41, 5.74) is 20.9. The van der Waals surface area contributed by atoms with Crippen LogP contribution in [0.15, 0.2) is 174 Å². The smallest absolute Gasteiger partial charge is 0.256 e. The molecule has 0 unspecified atom stereocenters. The van der Waals surface area contributed by atoms with Crippen LogP contribution >= 0.6 is 0 Å². The third kappa shape index (κ3) is 6.98. The van der Waals surface area contributed by atoms with Gasteiger partial charge in [-0.2, -0.15) is 0 Å². The fourth-order valence-electron chi connectivity index (χ4n) is 12.8. The second-order valence-corrected chi connectivity index (χ2v) is 24.8. The molecule has 0 saturated heterocycles. The number of aromatic nitrogens is 2. The third-order valence-electron chi connectivity index (χ3n) is 16.8. The number of nitrogens with zero attached hydrogens (tertiary/aromatic N) is 3. The molecule has 0 fully saturated rings. The number of aryl methyl sites for hydroxylation is 1. The summed E-state index contributed by atoms with van der Waals surface area (Å²) in [6, 6.07) is 64.1. The molecule has 2 aliphatic heterocycles. The average molecular weight is 990 g/mol. The van der Waals surface area contributed by atoms with E-state index in [0.717, 1.165) is 86.6 Å². The first-order chi connectivity index (χ1) is 36.5. The molecule has 12 aromatic rings. The Morgan fingerprint density at radius 2 is 1.00 bits per heavy atom. The fraction of sp³-hybridized carbons (Fsp3) is 0.229. The predicted molar refractivity (Wildman–Crippen MR) is 323 cm³/mol. The van der Waals surface area contributed by atoms with Crippen molar-refractivity contribution in [2.24, 2.45) is 0 Å². The molecule has 14 rings (SSSR count). The Balaban J connectivity index is 1.05. The molecule has 0 radical (unpaired) electrons. The normalized spacial score (nSPS) is 13.6. The number of fused-ring (bicyclic) bond motifs is 13. The quantitative estimate of drug-likeness (QED) is 0.156. The molecule has 0 spiro atoms. The van der Waals surface area contributed by atoms with Crippen molar-refractivity contribution in [3.63, 3.8) is 0 Å². The molecule has 0 amide bonds. The lowest BCUT2D eigenvalue weighted by atomic mass is 9.34. The van der Waals surface area contributed by atoms with Gasteiger partial charge >= 0.3 is 0 Å². The lowest BCUT2D eigenvalue weighted by Gasteiger charge is -2.42. The molecular formula is C70H64BN3O2. The van der Waals surface area contributed by atoms with Crippen molar-refractivity contribution in [2.75, 3.05) is 4.90 Å². The Morgan fingerprint density at radius 1 is 0.434 bits per heavy atom. The minimum atomic E-state index is -0.183. The van der Waals surface area contributed by atoms with Crippen LogP contribution in [0.2, 0.25) is 0 Å². The molecule has 0 atom stereocenters. The van der Waals surface area contributed by atoms with Crippen LogP contribution in [0.5, 0.6) is 11.5 Å². The number of unbranched alkanes of at least 4 members (excludes halogenated alkanes) is 1. The van der Waals surface area contributed by atoms with Crippen molar-refractivity contribution in [1.82, 2.24) is 9.13 Å². The van der Waals surface area contributed by atoms with Crippen LogP contribution in [0.1, 0.15) is 104 Å². The highest BCUT2D eigenvalue weighted by Gasteiger charge is 2.44. The highest BCUT2D eigenvalue weighted by atomic mass is 16.5. The number of para-hydroxylation sites is 3. The Labute approximate surface area is 446 Å². The Hall–Kier alpha value is -7.96. The molecule has 0 bridgehead atoms. The lowest BCUT2D eigenvalue weighted by Crippen LogP contribution is -2.59. The van der Waals surface area contributed by atoms with Crippen molar-refractivity contribution in [3.8, 4) is 22.9 Å². The van der Waals surface area contributed by atoms with E-state index in [2.05, 4.69) is 253 Å². The van der Waals surface area contributed by atoms with Crippen LogP contribution in [0.4, 0.5) is 17.1 Å². The molecule has 374 valence electrons. The molecule has 3 aromatic heterocycles. The van der Waals surface area contributed by atoms with E-state index in [-0.39, 0.29) is 23.0 Å². The summed E-state index contributed by atoms with van der Waals surface area (Å²) in [5, 5.41) is 7.35. The summed E-state index contributed by atoms with van der Waals surface area (Å²) in [6.07, 6.45) is 2.98. The maximum Gasteiger partial charge on any atom is 0.256 e. The zero-order valence-corrected chi connectivity index (χ0v) is 45.5. The van der Waals surface area contributed by atoms with Gasteiger partial charge < -0.3 is 23.2 Å². The number of anilines is 3. The minimum Gasteiger partial charge on any atom is -0.458 e. The highest BCUT2D eigenvalue weighted by Crippen LogP contribution is 2.48. The number of hydrogen-bond donors (Lipinski definition) is 0. The van der Waals surface area contributed by atoms with Crippen molar-refractivity contribution in [1.29, 1.82) is 0 Å². The number of furan rings is 1. The van der Waals surface area contributed by atoms with Crippen molar-refractivity contribution in [3.05, 3.63) is 192 Å². The van der Waals surface area contributed by atoms with Crippen molar-refractivity contribution >= 4 is 106 Å². The molecule has 6 heteroatoms. The van der Waals surface area contributed by atoms with E-state index >= 15 is 0 Å². The van der Waals surface area contributed by atoms with Crippen molar-refractivity contribution in [2.45, 2.75) is 105 Å². The van der Waals surface area contributed by atoms with Gasteiger partial charge in [-0.05, 0) is 147 Å². The van der Waals surface area contributed by atoms with E-state index in [0.29, 0.717) is 0 Å². The summed E-state index contributed by atoms with van der Waals surface area (Å²) < 4.78 is 19.3. The van der Waals surface area contributed by atoms with E-state index in [1.165, 1.54) is 76.8 Å². The molecule has 0 aliphatic carbocycles. The molecule has 2 aliphatic rings. The monoisotopic (exact) mass is 990 g/mol. The van der Waals surface area contributed by atoms with Crippen LogP contribution in [0.25, 0.3) is 76.9 Å². The van der Waals surface area contributed by atoms with Gasteiger partial charge in [0.05, 0.1) is 27.8 Å². The molecule has 0 N–H and O–H groups in total. The van der Waals surface area contributed by atoms with Crippen molar-refractivity contribution < 1.29 is 9.15 Å². The van der Waals surface area contributed by atoms with Crippen LogP contribution in [0, 0.1) is 0 Å². The highest BCUT2D eigenvalue weighted by molar-refractivity contribution is 6.99. The van der Waals surface area contributed by atoms with E-state index in [1.807, 2.05) is 0 Å². The largest absolute Gasteiger partial charge is 0.458 e. The van der Waals surface area contributed by atoms with Gasteiger partial charge in [-0.1, -0.05) is 155 Å². The summed E-state index contributed by atoms with van der Waals surface area (Å²) in [6.45, 7) is 22.9. The van der Waals surface area contributed by atoms with Gasteiger partial charge in [0.2, 0.25) is 0 Å². The SMILES string of the molecule is CCCCc1c(N2c3cc(-n4c5ccccc5c5cc(C(C)(C)C)ccc54)ccc3B3c4ccc(-n5c6ccccc6c6cc(C(C)(C)C)ccc65)cc4Oc4cc(C(C)(C)C)cc2c43)ccc2c1oc1ccccc12. The first-order valence-electron chi connectivity index (χ1n) is 27.5.